The van der Waals surface area contributed by atoms with Crippen molar-refractivity contribution in [3.63, 3.8) is 0 Å². The van der Waals surface area contributed by atoms with Gasteiger partial charge >= 0.3 is 0 Å². The van der Waals surface area contributed by atoms with E-state index in [4.69, 9.17) is 9.47 Å². The van der Waals surface area contributed by atoms with Gasteiger partial charge in [-0.1, -0.05) is 0 Å². The summed E-state index contributed by atoms with van der Waals surface area (Å²) in [5.41, 5.74) is 0. The third-order valence-corrected chi connectivity index (χ3v) is 2.57. The lowest BCUT2D eigenvalue weighted by Crippen LogP contribution is -2.38. The molecule has 0 aromatic rings. The molecular formula is C14H33IN4O2. The quantitative estimate of drug-likeness (QED) is 0.217. The van der Waals surface area contributed by atoms with Gasteiger partial charge in [0.05, 0.1) is 13.2 Å². The molecule has 0 aliphatic rings. The van der Waals surface area contributed by atoms with Gasteiger partial charge in [0.1, 0.15) is 0 Å². The molecule has 2 N–H and O–H groups in total. The van der Waals surface area contributed by atoms with Gasteiger partial charge in [-0.05, 0) is 40.4 Å². The molecule has 0 rings (SSSR count). The lowest BCUT2D eigenvalue weighted by Gasteiger charge is -2.13. The molecule has 128 valence electrons. The molecule has 0 aliphatic carbocycles. The normalized spacial score (nSPS) is 11.4. The SMILES string of the molecule is CCNC(=NCCCOCCOC)NCCCN(C)C.I. The number of ether oxygens (including phenoxy) is 2. The van der Waals surface area contributed by atoms with E-state index in [9.17, 15) is 0 Å². The van der Waals surface area contributed by atoms with Crippen LogP contribution in [0.2, 0.25) is 0 Å². The van der Waals surface area contributed by atoms with Crippen molar-refractivity contribution in [2.45, 2.75) is 19.8 Å². The molecule has 0 unspecified atom stereocenters. The van der Waals surface area contributed by atoms with Crippen molar-refractivity contribution in [2.75, 3.05) is 67.2 Å². The van der Waals surface area contributed by atoms with Gasteiger partial charge in [-0.15, -0.1) is 24.0 Å². The highest BCUT2D eigenvalue weighted by atomic mass is 127. The molecule has 0 saturated heterocycles. The Morgan fingerprint density at radius 3 is 2.48 bits per heavy atom. The van der Waals surface area contributed by atoms with Gasteiger partial charge in [-0.3, -0.25) is 4.99 Å². The largest absolute Gasteiger partial charge is 0.382 e. The zero-order valence-corrected chi connectivity index (χ0v) is 16.3. The minimum atomic E-state index is 0. The van der Waals surface area contributed by atoms with Crippen LogP contribution in [0.1, 0.15) is 19.8 Å². The average Bonchev–Trinajstić information content (AvgIpc) is 2.42. The van der Waals surface area contributed by atoms with Crippen molar-refractivity contribution < 1.29 is 9.47 Å². The first kappa shape index (κ1) is 23.2. The number of nitrogens with one attached hydrogen (secondary N) is 2. The third kappa shape index (κ3) is 17.8. The van der Waals surface area contributed by atoms with Gasteiger partial charge in [0.15, 0.2) is 5.96 Å². The van der Waals surface area contributed by atoms with E-state index in [1.54, 1.807) is 7.11 Å². The van der Waals surface area contributed by atoms with Crippen molar-refractivity contribution in [3.8, 4) is 0 Å². The number of rotatable bonds is 12. The molecule has 21 heavy (non-hydrogen) atoms. The predicted octanol–water partition coefficient (Wildman–Crippen LogP) is 1.16. The van der Waals surface area contributed by atoms with Gasteiger partial charge in [0.25, 0.3) is 0 Å². The molecule has 0 aromatic carbocycles. The van der Waals surface area contributed by atoms with Crippen molar-refractivity contribution in [1.82, 2.24) is 15.5 Å². The maximum atomic E-state index is 5.40. The van der Waals surface area contributed by atoms with Crippen LogP contribution in [0.25, 0.3) is 0 Å². The van der Waals surface area contributed by atoms with E-state index in [2.05, 4.69) is 41.5 Å². The van der Waals surface area contributed by atoms with Crippen LogP contribution < -0.4 is 10.6 Å². The monoisotopic (exact) mass is 416 g/mol. The van der Waals surface area contributed by atoms with E-state index in [0.29, 0.717) is 13.2 Å². The van der Waals surface area contributed by atoms with Crippen molar-refractivity contribution >= 4 is 29.9 Å². The summed E-state index contributed by atoms with van der Waals surface area (Å²) < 4.78 is 10.3. The molecule has 0 radical (unpaired) electrons. The first-order valence-corrected chi connectivity index (χ1v) is 7.44. The summed E-state index contributed by atoms with van der Waals surface area (Å²) in [4.78, 5) is 6.70. The number of hydrogen-bond acceptors (Lipinski definition) is 4. The molecule has 0 aromatic heterocycles. The van der Waals surface area contributed by atoms with Crippen LogP contribution in [0.4, 0.5) is 0 Å². The van der Waals surface area contributed by atoms with Crippen LogP contribution in [0, 0.1) is 0 Å². The standard InChI is InChI=1S/C14H32N4O2.HI/c1-5-15-14(16-8-6-10-18(2)3)17-9-7-11-20-13-12-19-4;/h5-13H2,1-4H3,(H2,15,16,17);1H. The molecule has 0 heterocycles. The fourth-order valence-corrected chi connectivity index (χ4v) is 1.55. The van der Waals surface area contributed by atoms with Gasteiger partial charge in [-0.25, -0.2) is 0 Å². The summed E-state index contributed by atoms with van der Waals surface area (Å²) in [6.45, 7) is 7.79. The molecule has 6 nitrogen and oxygen atoms in total. The molecule has 0 bridgehead atoms. The van der Waals surface area contributed by atoms with E-state index >= 15 is 0 Å². The average molecular weight is 416 g/mol. The zero-order chi connectivity index (χ0) is 15.1. The predicted molar refractivity (Wildman–Crippen MR) is 99.9 cm³/mol. The maximum absolute atomic E-state index is 5.40. The van der Waals surface area contributed by atoms with E-state index < -0.39 is 0 Å². The molecule has 7 heteroatoms. The highest BCUT2D eigenvalue weighted by molar-refractivity contribution is 14.0. The molecular weight excluding hydrogens is 383 g/mol. The summed E-state index contributed by atoms with van der Waals surface area (Å²) in [6.07, 6.45) is 2.04. The fourth-order valence-electron chi connectivity index (χ4n) is 1.55. The van der Waals surface area contributed by atoms with Crippen molar-refractivity contribution in [2.24, 2.45) is 4.99 Å². The van der Waals surface area contributed by atoms with E-state index in [-0.39, 0.29) is 24.0 Å². The first-order chi connectivity index (χ1) is 9.70. The number of halogens is 1. The second kappa shape index (κ2) is 17.9. The lowest BCUT2D eigenvalue weighted by atomic mass is 10.4. The molecule has 0 spiro atoms. The fraction of sp³-hybridized carbons (Fsp3) is 0.929. The Balaban J connectivity index is 0. The van der Waals surface area contributed by atoms with Gasteiger partial charge < -0.3 is 25.0 Å². The van der Waals surface area contributed by atoms with Gasteiger partial charge in [0.2, 0.25) is 0 Å². The topological polar surface area (TPSA) is 58.1 Å². The number of nitrogens with zero attached hydrogens (tertiary/aromatic N) is 2. The number of guanidine groups is 1. The van der Waals surface area contributed by atoms with E-state index in [1.807, 2.05) is 0 Å². The Labute approximate surface area is 147 Å². The Bertz CT molecular complexity index is 241. The summed E-state index contributed by atoms with van der Waals surface area (Å²) in [6, 6.07) is 0. The molecule has 0 aliphatic heterocycles. The number of aliphatic imine (C=N–C) groups is 1. The first-order valence-electron chi connectivity index (χ1n) is 7.44. The highest BCUT2D eigenvalue weighted by Gasteiger charge is 1.97. The van der Waals surface area contributed by atoms with E-state index in [1.165, 1.54) is 0 Å². The minimum Gasteiger partial charge on any atom is -0.382 e. The summed E-state index contributed by atoms with van der Waals surface area (Å²) in [5.74, 6) is 0.892. The highest BCUT2D eigenvalue weighted by Crippen LogP contribution is 1.86. The van der Waals surface area contributed by atoms with Crippen LogP contribution in [-0.2, 0) is 9.47 Å². The third-order valence-electron chi connectivity index (χ3n) is 2.57. The Morgan fingerprint density at radius 2 is 1.86 bits per heavy atom. The maximum Gasteiger partial charge on any atom is 0.191 e. The van der Waals surface area contributed by atoms with Crippen molar-refractivity contribution in [1.29, 1.82) is 0 Å². The molecule has 0 saturated carbocycles. The summed E-state index contributed by atoms with van der Waals surface area (Å²) in [5, 5.41) is 6.59. The Hall–Kier alpha value is -0.120. The van der Waals surface area contributed by atoms with Crippen LogP contribution in [-0.4, -0.2) is 78.1 Å². The lowest BCUT2D eigenvalue weighted by molar-refractivity contribution is 0.0702. The smallest absolute Gasteiger partial charge is 0.191 e. The number of hydrogen-bond donors (Lipinski definition) is 2. The van der Waals surface area contributed by atoms with Crippen LogP contribution in [0.15, 0.2) is 4.99 Å². The van der Waals surface area contributed by atoms with Crippen LogP contribution >= 0.6 is 24.0 Å². The van der Waals surface area contributed by atoms with Gasteiger partial charge in [-0.2, -0.15) is 0 Å². The Morgan fingerprint density at radius 1 is 1.10 bits per heavy atom. The van der Waals surface area contributed by atoms with E-state index in [0.717, 1.165) is 51.6 Å². The Kier molecular flexibility index (Phi) is 19.8. The minimum absolute atomic E-state index is 0. The second-order valence-corrected chi connectivity index (χ2v) is 4.80. The second-order valence-electron chi connectivity index (χ2n) is 4.80. The number of methoxy groups -OCH3 is 1. The summed E-state index contributed by atoms with van der Waals surface area (Å²) >= 11 is 0. The summed E-state index contributed by atoms with van der Waals surface area (Å²) in [7, 11) is 5.85. The van der Waals surface area contributed by atoms with Gasteiger partial charge in [0, 0.05) is 33.4 Å². The van der Waals surface area contributed by atoms with Crippen LogP contribution in [0.3, 0.4) is 0 Å². The zero-order valence-electron chi connectivity index (χ0n) is 14.0. The molecule has 0 fully saturated rings. The molecule has 0 atom stereocenters. The molecule has 0 amide bonds. The van der Waals surface area contributed by atoms with Crippen LogP contribution in [0.5, 0.6) is 0 Å². The van der Waals surface area contributed by atoms with Crippen molar-refractivity contribution in [3.05, 3.63) is 0 Å².